The third-order valence-corrected chi connectivity index (χ3v) is 3.18. The summed E-state index contributed by atoms with van der Waals surface area (Å²) in [6.07, 6.45) is 0.407. The molecule has 26 heavy (non-hydrogen) atoms. The van der Waals surface area contributed by atoms with Crippen LogP contribution in [0.3, 0.4) is 0 Å². The number of hydrogen-bond acceptors (Lipinski definition) is 7. The number of nitrogens with zero attached hydrogens (tertiary/aromatic N) is 2. The van der Waals surface area contributed by atoms with Crippen LogP contribution < -0.4 is 20.5 Å². The van der Waals surface area contributed by atoms with Crippen molar-refractivity contribution in [3.05, 3.63) is 30.0 Å². The Morgan fingerprint density at radius 1 is 1.35 bits per heavy atom. The number of ether oxygens (including phenoxy) is 3. The molecule has 1 aromatic rings. The average Bonchev–Trinajstić information content (AvgIpc) is 2.64. The summed E-state index contributed by atoms with van der Waals surface area (Å²) >= 11 is 0. The van der Waals surface area contributed by atoms with Crippen molar-refractivity contribution in [2.75, 3.05) is 39.2 Å². The maximum atomic E-state index is 12.4. The third kappa shape index (κ3) is 5.68. The summed E-state index contributed by atoms with van der Waals surface area (Å²) in [4.78, 5) is 25.4. The van der Waals surface area contributed by atoms with Gasteiger partial charge in [0, 0.05) is 25.4 Å². The molecule has 0 saturated heterocycles. The molecular formula is C17H22N4O5. The Balaban J connectivity index is 3.08. The van der Waals surface area contributed by atoms with E-state index >= 15 is 0 Å². The molecule has 0 aliphatic heterocycles. The van der Waals surface area contributed by atoms with E-state index in [0.29, 0.717) is 17.2 Å². The molecule has 3 N–H and O–H groups in total. The Labute approximate surface area is 151 Å². The largest absolute Gasteiger partial charge is 0.497 e. The van der Waals surface area contributed by atoms with E-state index in [9.17, 15) is 14.9 Å². The highest BCUT2D eigenvalue weighted by atomic mass is 16.6. The Bertz CT molecular complexity index is 712. The molecule has 1 aromatic carbocycles. The molecule has 0 fully saturated rings. The molecule has 140 valence electrons. The van der Waals surface area contributed by atoms with Gasteiger partial charge >= 0.3 is 6.09 Å². The van der Waals surface area contributed by atoms with Crippen molar-refractivity contribution < 1.29 is 23.8 Å². The van der Waals surface area contributed by atoms with Crippen molar-refractivity contribution in [2.45, 2.75) is 6.92 Å². The fourth-order valence-corrected chi connectivity index (χ4v) is 1.95. The zero-order valence-electron chi connectivity index (χ0n) is 14.9. The molecule has 0 aliphatic carbocycles. The molecule has 0 aliphatic rings. The minimum atomic E-state index is -0.717. The molecule has 0 unspecified atom stereocenters. The Kier molecular flexibility index (Phi) is 8.46. The van der Waals surface area contributed by atoms with E-state index in [0.717, 1.165) is 11.1 Å². The summed E-state index contributed by atoms with van der Waals surface area (Å²) < 4.78 is 15.2. The van der Waals surface area contributed by atoms with Gasteiger partial charge < -0.3 is 25.3 Å². The zero-order chi connectivity index (χ0) is 19.5. The van der Waals surface area contributed by atoms with Crippen LogP contribution >= 0.6 is 0 Å². The zero-order valence-corrected chi connectivity index (χ0v) is 14.9. The number of benzene rings is 1. The highest BCUT2D eigenvalue weighted by molar-refractivity contribution is 6.07. The van der Waals surface area contributed by atoms with Crippen LogP contribution in [0.4, 0.5) is 10.5 Å². The number of nitriles is 1. The van der Waals surface area contributed by atoms with Crippen LogP contribution in [0.2, 0.25) is 0 Å². The van der Waals surface area contributed by atoms with Gasteiger partial charge in [-0.25, -0.2) is 4.79 Å². The van der Waals surface area contributed by atoms with Gasteiger partial charge in [0.25, 0.3) is 5.91 Å². The van der Waals surface area contributed by atoms with E-state index in [1.54, 1.807) is 31.2 Å². The van der Waals surface area contributed by atoms with E-state index < -0.39 is 12.0 Å². The predicted molar refractivity (Wildman–Crippen MR) is 94.7 cm³/mol. The minimum absolute atomic E-state index is 0.0970. The van der Waals surface area contributed by atoms with E-state index in [1.165, 1.54) is 14.2 Å². The van der Waals surface area contributed by atoms with Crippen LogP contribution in [0.5, 0.6) is 11.5 Å². The summed E-state index contributed by atoms with van der Waals surface area (Å²) in [5, 5.41) is 11.8. The van der Waals surface area contributed by atoms with Crippen LogP contribution in [0.15, 0.2) is 30.0 Å². The first kappa shape index (κ1) is 20.8. The maximum absolute atomic E-state index is 12.4. The molecule has 9 heteroatoms. The van der Waals surface area contributed by atoms with Crippen LogP contribution in [-0.4, -0.2) is 50.8 Å². The number of nitrogens with two attached hydrogens (primary N) is 1. The molecular weight excluding hydrogens is 340 g/mol. The first-order valence-electron chi connectivity index (χ1n) is 7.79. The smallest absolute Gasteiger partial charge is 0.413 e. The van der Waals surface area contributed by atoms with Gasteiger partial charge in [0.1, 0.15) is 23.1 Å². The molecule has 0 atom stereocenters. The van der Waals surface area contributed by atoms with Gasteiger partial charge in [-0.15, -0.1) is 0 Å². The minimum Gasteiger partial charge on any atom is -0.497 e. The average molecular weight is 362 g/mol. The van der Waals surface area contributed by atoms with Gasteiger partial charge in [-0.1, -0.05) is 0 Å². The molecule has 0 spiro atoms. The summed E-state index contributed by atoms with van der Waals surface area (Å²) in [5.41, 5.74) is 5.48. The Morgan fingerprint density at radius 2 is 2.08 bits per heavy atom. The number of anilines is 1. The molecule has 2 amide bonds. The second-order valence-corrected chi connectivity index (χ2v) is 4.86. The number of carbonyl (C=O) groups is 2. The monoisotopic (exact) mass is 362 g/mol. The number of nitrogens with one attached hydrogen (secondary N) is 1. The van der Waals surface area contributed by atoms with Gasteiger partial charge in [0.05, 0.1) is 26.5 Å². The summed E-state index contributed by atoms with van der Waals surface area (Å²) in [6.45, 7) is 2.04. The normalized spacial score (nSPS) is 10.5. The Hall–Kier alpha value is -3.25. The SMILES string of the molecule is CCOC(=O)N(/C=C(/C#N)C(=O)Nc1cc(OC)ccc1OC)CCN. The third-order valence-electron chi connectivity index (χ3n) is 3.18. The lowest BCUT2D eigenvalue weighted by Crippen LogP contribution is -2.32. The maximum Gasteiger partial charge on any atom is 0.413 e. The fraction of sp³-hybridized carbons (Fsp3) is 0.353. The molecule has 0 bridgehead atoms. The number of rotatable bonds is 8. The van der Waals surface area contributed by atoms with Crippen molar-refractivity contribution in [3.8, 4) is 17.6 Å². The fourth-order valence-electron chi connectivity index (χ4n) is 1.95. The second-order valence-electron chi connectivity index (χ2n) is 4.86. The van der Waals surface area contributed by atoms with Crippen LogP contribution in [0, 0.1) is 11.3 Å². The van der Waals surface area contributed by atoms with Crippen LogP contribution in [0.1, 0.15) is 6.92 Å². The number of amides is 2. The molecule has 0 heterocycles. The van der Waals surface area contributed by atoms with Gasteiger partial charge in [-0.3, -0.25) is 9.69 Å². The summed E-state index contributed by atoms with van der Waals surface area (Å²) in [6, 6.07) is 6.59. The van der Waals surface area contributed by atoms with Crippen molar-refractivity contribution in [1.82, 2.24) is 4.90 Å². The topological polar surface area (TPSA) is 127 Å². The quantitative estimate of drug-likeness (QED) is 0.529. The second kappa shape index (κ2) is 10.6. The molecule has 0 radical (unpaired) electrons. The lowest BCUT2D eigenvalue weighted by atomic mass is 10.2. The number of hydrogen-bond donors (Lipinski definition) is 2. The van der Waals surface area contributed by atoms with Crippen molar-refractivity contribution >= 4 is 17.7 Å². The first-order valence-corrected chi connectivity index (χ1v) is 7.79. The van der Waals surface area contributed by atoms with Gasteiger partial charge in [-0.2, -0.15) is 5.26 Å². The van der Waals surface area contributed by atoms with Crippen LogP contribution in [0.25, 0.3) is 0 Å². The van der Waals surface area contributed by atoms with Gasteiger partial charge in [0.2, 0.25) is 0 Å². The summed E-state index contributed by atoms with van der Waals surface area (Å²) in [7, 11) is 2.93. The predicted octanol–water partition coefficient (Wildman–Crippen LogP) is 1.47. The Morgan fingerprint density at radius 3 is 2.62 bits per heavy atom. The summed E-state index contributed by atoms with van der Waals surface area (Å²) in [5.74, 6) is 0.172. The van der Waals surface area contributed by atoms with E-state index in [4.69, 9.17) is 19.9 Å². The highest BCUT2D eigenvalue weighted by Crippen LogP contribution is 2.29. The first-order chi connectivity index (χ1) is 12.5. The number of carbonyl (C=O) groups excluding carboxylic acids is 2. The van der Waals surface area contributed by atoms with Crippen molar-refractivity contribution in [2.24, 2.45) is 5.73 Å². The highest BCUT2D eigenvalue weighted by Gasteiger charge is 2.18. The van der Waals surface area contributed by atoms with Gasteiger partial charge in [0.15, 0.2) is 0 Å². The van der Waals surface area contributed by atoms with Crippen LogP contribution in [-0.2, 0) is 9.53 Å². The van der Waals surface area contributed by atoms with Crippen molar-refractivity contribution in [3.63, 3.8) is 0 Å². The molecule has 9 nitrogen and oxygen atoms in total. The standard InChI is InChI=1S/C17H22N4O5/c1-4-26-17(23)21(8-7-18)11-12(10-19)16(22)20-14-9-13(24-2)5-6-15(14)25-3/h5-6,9,11H,4,7-8,18H2,1-3H3,(H,20,22)/b12-11-. The van der Waals surface area contributed by atoms with Gasteiger partial charge in [-0.05, 0) is 19.1 Å². The van der Waals surface area contributed by atoms with Crippen molar-refractivity contribution in [1.29, 1.82) is 5.26 Å². The molecule has 1 rings (SSSR count). The van der Waals surface area contributed by atoms with E-state index in [1.807, 2.05) is 0 Å². The number of methoxy groups -OCH3 is 2. The lowest BCUT2D eigenvalue weighted by molar-refractivity contribution is -0.112. The molecule has 0 saturated carbocycles. The van der Waals surface area contributed by atoms with E-state index in [-0.39, 0.29) is 25.3 Å². The lowest BCUT2D eigenvalue weighted by Gasteiger charge is -2.17. The van der Waals surface area contributed by atoms with E-state index in [2.05, 4.69) is 5.32 Å². The molecule has 0 aromatic heterocycles.